The van der Waals surface area contributed by atoms with Gasteiger partial charge in [-0.2, -0.15) is 0 Å². The van der Waals surface area contributed by atoms with Gasteiger partial charge in [-0.15, -0.1) is 0 Å². The summed E-state index contributed by atoms with van der Waals surface area (Å²) < 4.78 is 5.15. The summed E-state index contributed by atoms with van der Waals surface area (Å²) in [5.74, 6) is -1.54. The number of allylic oxidation sites excluding steroid dienone is 1. The molecule has 0 aromatic heterocycles. The van der Waals surface area contributed by atoms with Gasteiger partial charge in [0.1, 0.15) is 11.8 Å². The van der Waals surface area contributed by atoms with E-state index >= 15 is 0 Å². The van der Waals surface area contributed by atoms with Crippen LogP contribution in [0.25, 0.3) is 5.70 Å². The largest absolute Gasteiger partial charge is 0.508 e. The lowest BCUT2D eigenvalue weighted by atomic mass is 9.92. The topological polar surface area (TPSA) is 92.7 Å². The van der Waals surface area contributed by atoms with Crippen LogP contribution in [0.1, 0.15) is 28.4 Å². The first-order valence-corrected chi connectivity index (χ1v) is 8.60. The van der Waals surface area contributed by atoms with Crippen LogP contribution in [-0.2, 0) is 20.7 Å². The van der Waals surface area contributed by atoms with E-state index in [4.69, 9.17) is 4.74 Å². The standard InChI is InChI=1S/C21H19NO5/c1-2-27-21(26)18(11-13-7-9-14(23)10-8-13)22-17-12-19(24)20(25)16-6-4-3-5-15(16)17/h3-10,12,18,22-23H,2,11H2,1H3/t18-/m0/s1. The summed E-state index contributed by atoms with van der Waals surface area (Å²) in [6.07, 6.45) is 1.51. The quantitative estimate of drug-likeness (QED) is 0.603. The van der Waals surface area contributed by atoms with Crippen LogP contribution in [0.4, 0.5) is 0 Å². The molecule has 138 valence electrons. The molecule has 0 amide bonds. The number of rotatable bonds is 6. The molecule has 1 aliphatic rings. The van der Waals surface area contributed by atoms with Crippen molar-refractivity contribution in [2.45, 2.75) is 19.4 Å². The van der Waals surface area contributed by atoms with Crippen molar-refractivity contribution in [1.82, 2.24) is 5.32 Å². The third-order valence-electron chi connectivity index (χ3n) is 4.24. The van der Waals surface area contributed by atoms with Crippen LogP contribution in [0, 0.1) is 0 Å². The van der Waals surface area contributed by atoms with Crippen LogP contribution >= 0.6 is 0 Å². The Balaban J connectivity index is 1.90. The average Bonchev–Trinajstić information content (AvgIpc) is 2.67. The van der Waals surface area contributed by atoms with Crippen LogP contribution in [0.5, 0.6) is 5.75 Å². The number of Topliss-reactive ketones (excluding diaryl/α,β-unsaturated/α-hetero) is 1. The predicted octanol–water partition coefficient (Wildman–Crippen LogP) is 2.26. The maximum absolute atomic E-state index is 12.4. The van der Waals surface area contributed by atoms with Gasteiger partial charge in [0.05, 0.1) is 6.61 Å². The third-order valence-corrected chi connectivity index (χ3v) is 4.24. The molecule has 0 radical (unpaired) electrons. The number of hydrogen-bond acceptors (Lipinski definition) is 6. The predicted molar refractivity (Wildman–Crippen MR) is 99.1 cm³/mol. The van der Waals surface area contributed by atoms with Crippen molar-refractivity contribution in [1.29, 1.82) is 0 Å². The van der Waals surface area contributed by atoms with Gasteiger partial charge in [-0.05, 0) is 24.6 Å². The van der Waals surface area contributed by atoms with Gasteiger partial charge in [0.15, 0.2) is 0 Å². The first-order valence-electron chi connectivity index (χ1n) is 8.60. The van der Waals surface area contributed by atoms with E-state index in [-0.39, 0.29) is 12.4 Å². The summed E-state index contributed by atoms with van der Waals surface area (Å²) >= 11 is 0. The highest BCUT2D eigenvalue weighted by atomic mass is 16.5. The van der Waals surface area contributed by atoms with Gasteiger partial charge in [-0.3, -0.25) is 9.59 Å². The SMILES string of the molecule is CCOC(=O)[C@H](Cc1ccc(O)cc1)NC1=CC(=O)C(=O)c2ccccc21. The minimum absolute atomic E-state index is 0.132. The molecule has 0 heterocycles. The molecule has 0 bridgehead atoms. The number of carbonyl (C=O) groups is 3. The van der Waals surface area contributed by atoms with Crippen LogP contribution in [0.2, 0.25) is 0 Å². The molecule has 27 heavy (non-hydrogen) atoms. The number of aromatic hydroxyl groups is 1. The monoisotopic (exact) mass is 365 g/mol. The molecule has 0 fully saturated rings. The Morgan fingerprint density at radius 3 is 2.41 bits per heavy atom. The lowest BCUT2D eigenvalue weighted by molar-refractivity contribution is -0.145. The lowest BCUT2D eigenvalue weighted by Crippen LogP contribution is -2.40. The fraction of sp³-hybridized carbons (Fsp3) is 0.190. The maximum Gasteiger partial charge on any atom is 0.328 e. The number of esters is 1. The molecule has 2 aromatic carbocycles. The summed E-state index contributed by atoms with van der Waals surface area (Å²) in [5.41, 5.74) is 2.10. The number of benzene rings is 2. The van der Waals surface area contributed by atoms with Crippen molar-refractivity contribution >= 4 is 23.2 Å². The average molecular weight is 365 g/mol. The fourth-order valence-electron chi connectivity index (χ4n) is 2.93. The van der Waals surface area contributed by atoms with Gasteiger partial charge in [-0.1, -0.05) is 36.4 Å². The molecule has 0 unspecified atom stereocenters. The zero-order valence-electron chi connectivity index (χ0n) is 14.8. The Kier molecular flexibility index (Phi) is 5.35. The number of ketones is 2. The maximum atomic E-state index is 12.4. The Labute approximate surface area is 156 Å². The molecular weight excluding hydrogens is 346 g/mol. The van der Waals surface area contributed by atoms with E-state index in [0.717, 1.165) is 5.56 Å². The van der Waals surface area contributed by atoms with Crippen molar-refractivity contribution in [3.05, 3.63) is 71.3 Å². The molecule has 2 aromatic rings. The van der Waals surface area contributed by atoms with E-state index in [2.05, 4.69) is 5.32 Å². The number of phenols is 1. The summed E-state index contributed by atoms with van der Waals surface area (Å²) in [6.45, 7) is 1.94. The molecule has 0 spiro atoms. The molecule has 6 heteroatoms. The fourth-order valence-corrected chi connectivity index (χ4v) is 2.93. The first-order chi connectivity index (χ1) is 13.0. The van der Waals surface area contributed by atoms with Crippen molar-refractivity contribution in [2.24, 2.45) is 0 Å². The summed E-state index contributed by atoms with van der Waals surface area (Å²) in [7, 11) is 0. The van der Waals surface area contributed by atoms with Crippen molar-refractivity contribution in [2.75, 3.05) is 6.61 Å². The van der Waals surface area contributed by atoms with E-state index in [1.807, 2.05) is 0 Å². The van der Waals surface area contributed by atoms with Crippen LogP contribution in [0.15, 0.2) is 54.6 Å². The zero-order valence-corrected chi connectivity index (χ0v) is 14.8. The van der Waals surface area contributed by atoms with Gasteiger partial charge in [0.25, 0.3) is 0 Å². The van der Waals surface area contributed by atoms with E-state index < -0.39 is 23.6 Å². The molecule has 6 nitrogen and oxygen atoms in total. The minimum atomic E-state index is -0.755. The van der Waals surface area contributed by atoms with E-state index in [0.29, 0.717) is 23.2 Å². The number of carbonyl (C=O) groups excluding carboxylic acids is 3. The molecule has 3 rings (SSSR count). The van der Waals surface area contributed by atoms with E-state index in [1.165, 1.54) is 18.2 Å². The zero-order chi connectivity index (χ0) is 19.4. The lowest BCUT2D eigenvalue weighted by Gasteiger charge is -2.23. The van der Waals surface area contributed by atoms with Crippen molar-refractivity contribution in [3.8, 4) is 5.75 Å². The molecule has 0 saturated carbocycles. The first kappa shape index (κ1) is 18.4. The summed E-state index contributed by atoms with van der Waals surface area (Å²) in [4.78, 5) is 36.5. The molecule has 1 aliphatic carbocycles. The number of fused-ring (bicyclic) bond motifs is 1. The highest BCUT2D eigenvalue weighted by molar-refractivity contribution is 6.50. The van der Waals surface area contributed by atoms with Gasteiger partial charge in [0.2, 0.25) is 11.6 Å². The van der Waals surface area contributed by atoms with Crippen LogP contribution < -0.4 is 5.32 Å². The molecule has 0 saturated heterocycles. The summed E-state index contributed by atoms with van der Waals surface area (Å²) in [5, 5.41) is 12.5. The molecule has 0 aliphatic heterocycles. The molecule has 2 N–H and O–H groups in total. The van der Waals surface area contributed by atoms with Crippen LogP contribution in [-0.4, -0.2) is 35.3 Å². The van der Waals surface area contributed by atoms with Gasteiger partial charge >= 0.3 is 5.97 Å². The van der Waals surface area contributed by atoms with Crippen LogP contribution in [0.3, 0.4) is 0 Å². The Bertz CT molecular complexity index is 914. The number of ether oxygens (including phenoxy) is 1. The minimum Gasteiger partial charge on any atom is -0.508 e. The van der Waals surface area contributed by atoms with E-state index in [9.17, 15) is 19.5 Å². The molecule has 1 atom stereocenters. The Hall–Kier alpha value is -3.41. The summed E-state index contributed by atoms with van der Waals surface area (Å²) in [6, 6.07) is 12.5. The van der Waals surface area contributed by atoms with Crippen molar-refractivity contribution < 1.29 is 24.2 Å². The second kappa shape index (κ2) is 7.86. The normalized spacial score (nSPS) is 14.2. The Morgan fingerprint density at radius 1 is 1.07 bits per heavy atom. The van der Waals surface area contributed by atoms with Gasteiger partial charge in [-0.25, -0.2) is 4.79 Å². The second-order valence-electron chi connectivity index (χ2n) is 6.12. The third kappa shape index (κ3) is 4.06. The van der Waals surface area contributed by atoms with Gasteiger partial charge in [0, 0.05) is 29.3 Å². The van der Waals surface area contributed by atoms with Crippen molar-refractivity contribution in [3.63, 3.8) is 0 Å². The number of hydrogen-bond donors (Lipinski definition) is 2. The smallest absolute Gasteiger partial charge is 0.328 e. The van der Waals surface area contributed by atoms with Gasteiger partial charge < -0.3 is 15.2 Å². The highest BCUT2D eigenvalue weighted by Crippen LogP contribution is 2.24. The van der Waals surface area contributed by atoms with E-state index in [1.54, 1.807) is 43.3 Å². The highest BCUT2D eigenvalue weighted by Gasteiger charge is 2.28. The number of nitrogens with one attached hydrogen (secondary N) is 1. The molecular formula is C21H19NO5. The number of phenolic OH excluding ortho intramolecular Hbond substituents is 1. The Morgan fingerprint density at radius 2 is 1.74 bits per heavy atom. The second-order valence-corrected chi connectivity index (χ2v) is 6.12.